The van der Waals surface area contributed by atoms with Crippen molar-refractivity contribution in [1.29, 1.82) is 0 Å². The van der Waals surface area contributed by atoms with Crippen molar-refractivity contribution in [3.05, 3.63) is 0 Å². The minimum absolute atomic E-state index is 1.85. The quantitative estimate of drug-likeness (QED) is 0.508. The molecule has 0 amide bonds. The molecule has 0 aromatic heterocycles. The van der Waals surface area contributed by atoms with Crippen LogP contribution in [0.15, 0.2) is 0 Å². The fraction of sp³-hybridized carbons (Fsp3) is 0. The van der Waals surface area contributed by atoms with E-state index in [0.29, 0.717) is 0 Å². The third-order valence-corrected chi connectivity index (χ3v) is 0. The van der Waals surface area contributed by atoms with Gasteiger partial charge in [-0.25, -0.2) is 0 Å². The molecule has 0 saturated carbocycles. The van der Waals surface area contributed by atoms with E-state index in [1.807, 2.05) is 0 Å². The van der Waals surface area contributed by atoms with Crippen LogP contribution in [0.1, 0.15) is 0 Å². The van der Waals surface area contributed by atoms with Crippen LogP contribution in [0.5, 0.6) is 0 Å². The Morgan fingerprint density at radius 1 is 0.800 bits per heavy atom. The molecule has 0 aliphatic heterocycles. The summed E-state index contributed by atoms with van der Waals surface area (Å²) in [6.07, 6.45) is 0. The van der Waals surface area contributed by atoms with Gasteiger partial charge in [0.25, 0.3) is 0 Å². The van der Waals surface area contributed by atoms with E-state index in [4.69, 9.17) is 0 Å². The molecule has 33 valence electrons. The van der Waals surface area contributed by atoms with E-state index in [1.165, 1.54) is 0 Å². The van der Waals surface area contributed by atoms with Gasteiger partial charge >= 0.3 is 60.2 Å². The summed E-state index contributed by atoms with van der Waals surface area (Å²) >= 11 is 13.3. The van der Waals surface area contributed by atoms with Gasteiger partial charge in [-0.3, -0.25) is 0 Å². The predicted molar refractivity (Wildman–Crippen MR) is 41.5 cm³/mol. The molecule has 1 radical (unpaired) electrons. The van der Waals surface area contributed by atoms with Gasteiger partial charge < -0.3 is 0 Å². The molecule has 0 aromatic rings. The Balaban J connectivity index is 3.02. The third kappa shape index (κ3) is 20.2. The van der Waals surface area contributed by atoms with Crippen LogP contribution in [0, 0.1) is 0 Å². The van der Waals surface area contributed by atoms with Crippen LogP contribution in [0.25, 0.3) is 0 Å². The number of rotatable bonds is 0. The van der Waals surface area contributed by atoms with E-state index in [1.54, 1.807) is 0 Å². The first-order chi connectivity index (χ1) is 2.00. The maximum absolute atomic E-state index is 3.32. The van der Waals surface area contributed by atoms with Gasteiger partial charge in [0, 0.05) is 0 Å². The molecule has 0 saturated heterocycles. The molecule has 0 spiro atoms. The normalized spacial score (nSPS) is 12.0. The first-order valence-corrected chi connectivity index (χ1v) is 23.6. The number of hydrogen-bond acceptors (Lipinski definition) is 0. The summed E-state index contributed by atoms with van der Waals surface area (Å²) in [6.45, 7) is 0. The Hall–Kier alpha value is 2.74. The van der Waals surface area contributed by atoms with Crippen molar-refractivity contribution in [2.45, 2.75) is 0 Å². The topological polar surface area (TPSA) is 0 Å². The summed E-state index contributed by atoms with van der Waals surface area (Å²) in [7, 11) is -1.85. The average molecular weight is 441 g/mol. The third-order valence-electron chi connectivity index (χ3n) is 0. The molecule has 5 heavy (non-hydrogen) atoms. The number of halogens is 4. The Labute approximate surface area is 58.8 Å². The van der Waals surface area contributed by atoms with E-state index in [2.05, 4.69) is 50.4 Å². The van der Waals surface area contributed by atoms with Gasteiger partial charge in [0.2, 0.25) is 0 Å². The van der Waals surface area contributed by atoms with E-state index < -0.39 is 9.80 Å². The second kappa shape index (κ2) is 2.91. The fourth-order valence-corrected chi connectivity index (χ4v) is 0. The van der Waals surface area contributed by atoms with Crippen molar-refractivity contribution in [3.63, 3.8) is 0 Å². The Morgan fingerprint density at radius 2 is 0.800 bits per heavy atom. The van der Waals surface area contributed by atoms with Gasteiger partial charge in [0.05, 0.1) is 0 Å². The van der Waals surface area contributed by atoms with Crippen molar-refractivity contribution in [1.82, 2.24) is 0 Å². The van der Waals surface area contributed by atoms with Gasteiger partial charge in [-0.05, 0) is 0 Å². The van der Waals surface area contributed by atoms with E-state index in [9.17, 15) is 0 Å². The Bertz CT molecular complexity index is 19.1. The molecule has 0 aromatic carbocycles. The van der Waals surface area contributed by atoms with E-state index >= 15 is 0 Å². The zero-order valence-corrected chi connectivity index (χ0v) is 10.9. The summed E-state index contributed by atoms with van der Waals surface area (Å²) in [5.41, 5.74) is 0. The summed E-state index contributed by atoms with van der Waals surface area (Å²) in [5.74, 6) is 0. The van der Waals surface area contributed by atoms with Crippen molar-refractivity contribution < 1.29 is 0 Å². The van der Waals surface area contributed by atoms with Gasteiger partial charge in [-0.15, -0.1) is 0 Å². The second-order valence-corrected chi connectivity index (χ2v) is 69.4. The summed E-state index contributed by atoms with van der Waals surface area (Å²) in [6, 6.07) is 0. The van der Waals surface area contributed by atoms with Crippen LogP contribution < -0.4 is 0 Å². The van der Waals surface area contributed by atoms with Crippen molar-refractivity contribution in [2.24, 2.45) is 0 Å². The molecule has 0 rings (SSSR count). The molecule has 0 atom stereocenters. The van der Waals surface area contributed by atoms with Gasteiger partial charge in [-0.2, -0.15) is 0 Å². The monoisotopic (exact) mass is 437 g/mol. The van der Waals surface area contributed by atoms with Gasteiger partial charge in [0.15, 0.2) is 0 Å². The molecule has 0 N–H and O–H groups in total. The molecule has 5 heteroatoms. The summed E-state index contributed by atoms with van der Waals surface area (Å²) < 4.78 is 0. The first kappa shape index (κ1) is 7.74. The fourth-order valence-electron chi connectivity index (χ4n) is 0. The average Bonchev–Trinajstić information content (AvgIpc) is 0.722. The van der Waals surface area contributed by atoms with E-state index in [-0.39, 0.29) is 0 Å². The molecule has 0 fully saturated rings. The van der Waals surface area contributed by atoms with Crippen LogP contribution in [-0.2, 0) is 0 Å². The molecule has 0 aliphatic rings. The molecule has 0 aliphatic carbocycles. The van der Waals surface area contributed by atoms with E-state index in [0.717, 1.165) is 0 Å². The molecule has 0 unspecified atom stereocenters. The first-order valence-electron chi connectivity index (χ1n) is 0.676. The molecule has 0 heterocycles. The molecule has 0 nitrogen and oxygen atoms in total. The van der Waals surface area contributed by atoms with Crippen molar-refractivity contribution in [3.8, 4) is 0 Å². The standard InChI is InChI=1S/4BrH.Sb/h4*1H;/q;;;;+4/p-4. The van der Waals surface area contributed by atoms with Crippen molar-refractivity contribution >= 4 is 60.2 Å². The Morgan fingerprint density at radius 3 is 0.800 bits per heavy atom. The Kier molecular flexibility index (Phi) is 4.50. The predicted octanol–water partition coefficient (Wildman–Crippen LogP) is 3.00. The zero-order chi connectivity index (χ0) is 4.50. The summed E-state index contributed by atoms with van der Waals surface area (Å²) in [4.78, 5) is 0. The van der Waals surface area contributed by atoms with Crippen molar-refractivity contribution in [2.75, 3.05) is 0 Å². The number of hydrogen-bond donors (Lipinski definition) is 0. The summed E-state index contributed by atoms with van der Waals surface area (Å²) in [5, 5.41) is 0. The second-order valence-electron chi connectivity index (χ2n) is 0.383. The molecular formula is Br4Sb. The SMILES string of the molecule is [Br][Sb]([Br])([Br])[Br]. The zero-order valence-electron chi connectivity index (χ0n) is 1.96. The molecular weight excluding hydrogens is 441 g/mol. The minimum atomic E-state index is -1.85. The van der Waals surface area contributed by atoms with Crippen LogP contribution >= 0.6 is 50.4 Å². The maximum atomic E-state index is 3.32. The van der Waals surface area contributed by atoms with Crippen LogP contribution in [0.3, 0.4) is 0 Å². The molecule has 0 bridgehead atoms. The van der Waals surface area contributed by atoms with Crippen LogP contribution in [0.2, 0.25) is 0 Å². The van der Waals surface area contributed by atoms with Gasteiger partial charge in [0.1, 0.15) is 0 Å². The van der Waals surface area contributed by atoms with Gasteiger partial charge in [-0.1, -0.05) is 0 Å². The van der Waals surface area contributed by atoms with Crippen LogP contribution in [-0.4, -0.2) is 9.80 Å². The van der Waals surface area contributed by atoms with Crippen LogP contribution in [0.4, 0.5) is 0 Å².